The van der Waals surface area contributed by atoms with Crippen LogP contribution < -0.4 is 0 Å². The van der Waals surface area contributed by atoms with E-state index >= 15 is 0 Å². The molecule has 2 heterocycles. The molecule has 1 unspecified atom stereocenters. The fourth-order valence-electron chi connectivity index (χ4n) is 2.64. The zero-order valence-corrected chi connectivity index (χ0v) is 11.9. The first-order valence-corrected chi connectivity index (χ1v) is 7.09. The van der Waals surface area contributed by atoms with Gasteiger partial charge in [-0.1, -0.05) is 48.6 Å². The number of likely N-dealkylation sites (tertiary alicyclic amines) is 1. The summed E-state index contributed by atoms with van der Waals surface area (Å²) in [5.74, 6) is 0. The average Bonchev–Trinajstić information content (AvgIpc) is 2.79. The van der Waals surface area contributed by atoms with E-state index in [4.69, 9.17) is 12.2 Å². The normalized spacial score (nSPS) is 22.2. The Balaban J connectivity index is 1.93. The van der Waals surface area contributed by atoms with Crippen molar-refractivity contribution < 1.29 is 5.11 Å². The van der Waals surface area contributed by atoms with Crippen LogP contribution in [0, 0.1) is 0 Å². The van der Waals surface area contributed by atoms with E-state index in [1.165, 1.54) is 0 Å². The lowest BCUT2D eigenvalue weighted by atomic mass is 10.00. The molecule has 1 aliphatic heterocycles. The predicted octanol–water partition coefficient (Wildman–Crippen LogP) is 2.85. The molecule has 0 radical (unpaired) electrons. The minimum Gasteiger partial charge on any atom is -0.367 e. The van der Waals surface area contributed by atoms with Gasteiger partial charge in [-0.05, 0) is 12.1 Å². The van der Waals surface area contributed by atoms with E-state index in [1.807, 2.05) is 53.4 Å². The largest absolute Gasteiger partial charge is 0.367 e. The Morgan fingerprint density at radius 2 is 1.90 bits per heavy atom. The Morgan fingerprint density at radius 3 is 2.60 bits per heavy atom. The monoisotopic (exact) mass is 284 g/mol. The molecule has 1 aromatic heterocycles. The van der Waals surface area contributed by atoms with Gasteiger partial charge in [0.2, 0.25) is 0 Å². The maximum absolute atomic E-state index is 11.1. The Morgan fingerprint density at radius 1 is 1.15 bits per heavy atom. The first kappa shape index (κ1) is 13.2. The first-order chi connectivity index (χ1) is 9.70. The highest BCUT2D eigenvalue weighted by Gasteiger charge is 2.43. The standard InChI is InChI=1S/C16H16N2OS/c19-16(13-6-2-1-3-7-13)10-9-15(20)18(16)12-14-8-4-5-11-17-14/h1-8,11,19H,9-10,12H2. The number of benzene rings is 1. The van der Waals surface area contributed by atoms with Crippen molar-refractivity contribution in [3.63, 3.8) is 0 Å². The molecule has 0 aliphatic carbocycles. The fourth-order valence-corrected chi connectivity index (χ4v) is 2.95. The van der Waals surface area contributed by atoms with Crippen molar-refractivity contribution in [1.82, 2.24) is 9.88 Å². The molecule has 0 spiro atoms. The number of aliphatic hydroxyl groups is 1. The van der Waals surface area contributed by atoms with Crippen molar-refractivity contribution in [2.45, 2.75) is 25.1 Å². The molecule has 4 heteroatoms. The zero-order valence-electron chi connectivity index (χ0n) is 11.1. The number of aromatic nitrogens is 1. The molecule has 0 saturated carbocycles. The maximum atomic E-state index is 11.1. The lowest BCUT2D eigenvalue weighted by Crippen LogP contribution is -2.42. The van der Waals surface area contributed by atoms with Crippen LogP contribution in [-0.4, -0.2) is 20.0 Å². The molecule has 1 aromatic carbocycles. The minimum absolute atomic E-state index is 0.533. The van der Waals surface area contributed by atoms with Gasteiger partial charge in [0.25, 0.3) is 0 Å². The van der Waals surface area contributed by atoms with Crippen LogP contribution in [0.4, 0.5) is 0 Å². The van der Waals surface area contributed by atoms with E-state index in [0.29, 0.717) is 13.0 Å². The van der Waals surface area contributed by atoms with Gasteiger partial charge in [0.1, 0.15) is 0 Å². The van der Waals surface area contributed by atoms with Crippen molar-refractivity contribution >= 4 is 17.2 Å². The molecule has 3 rings (SSSR count). The van der Waals surface area contributed by atoms with Crippen molar-refractivity contribution in [1.29, 1.82) is 0 Å². The summed E-state index contributed by atoms with van der Waals surface area (Å²) in [4.78, 5) is 7.01. The number of pyridine rings is 1. The van der Waals surface area contributed by atoms with Gasteiger partial charge in [-0.15, -0.1) is 0 Å². The maximum Gasteiger partial charge on any atom is 0.165 e. The van der Waals surface area contributed by atoms with Crippen molar-refractivity contribution in [2.75, 3.05) is 0 Å². The summed E-state index contributed by atoms with van der Waals surface area (Å²) in [5.41, 5.74) is 0.775. The smallest absolute Gasteiger partial charge is 0.165 e. The van der Waals surface area contributed by atoms with Crippen LogP contribution in [0.25, 0.3) is 0 Å². The molecule has 0 bridgehead atoms. The van der Waals surface area contributed by atoms with E-state index < -0.39 is 5.72 Å². The van der Waals surface area contributed by atoms with Gasteiger partial charge in [-0.2, -0.15) is 0 Å². The van der Waals surface area contributed by atoms with Crippen LogP contribution in [0.5, 0.6) is 0 Å². The number of hydrogen-bond acceptors (Lipinski definition) is 3. The molecule has 1 saturated heterocycles. The number of hydrogen-bond donors (Lipinski definition) is 1. The zero-order chi connectivity index (χ0) is 14.0. The summed E-state index contributed by atoms with van der Waals surface area (Å²) in [6.45, 7) is 0.533. The number of rotatable bonds is 3. The van der Waals surface area contributed by atoms with Crippen LogP contribution >= 0.6 is 12.2 Å². The van der Waals surface area contributed by atoms with Crippen molar-refractivity contribution in [3.8, 4) is 0 Å². The van der Waals surface area contributed by atoms with E-state index in [2.05, 4.69) is 4.98 Å². The highest BCUT2D eigenvalue weighted by Crippen LogP contribution is 2.38. The molecule has 1 N–H and O–H groups in total. The van der Waals surface area contributed by atoms with Gasteiger partial charge in [0, 0.05) is 24.6 Å². The second-order valence-electron chi connectivity index (χ2n) is 4.98. The van der Waals surface area contributed by atoms with Crippen molar-refractivity contribution in [2.24, 2.45) is 0 Å². The number of thiocarbonyl (C=S) groups is 1. The van der Waals surface area contributed by atoms with Gasteiger partial charge in [-0.3, -0.25) is 4.98 Å². The molecule has 20 heavy (non-hydrogen) atoms. The van der Waals surface area contributed by atoms with Crippen LogP contribution in [0.2, 0.25) is 0 Å². The molecule has 1 atom stereocenters. The van der Waals surface area contributed by atoms with Gasteiger partial charge in [0.05, 0.1) is 17.2 Å². The third kappa shape index (κ3) is 2.32. The highest BCUT2D eigenvalue weighted by molar-refractivity contribution is 7.80. The lowest BCUT2D eigenvalue weighted by Gasteiger charge is -2.35. The summed E-state index contributed by atoms with van der Waals surface area (Å²) < 4.78 is 0. The second-order valence-corrected chi connectivity index (χ2v) is 5.45. The minimum atomic E-state index is -1.02. The van der Waals surface area contributed by atoms with E-state index in [9.17, 15) is 5.11 Å². The Labute approximate surface area is 123 Å². The lowest BCUT2D eigenvalue weighted by molar-refractivity contribution is -0.0682. The molecule has 2 aromatic rings. The predicted molar refractivity (Wildman–Crippen MR) is 82.0 cm³/mol. The Hall–Kier alpha value is -1.78. The quantitative estimate of drug-likeness (QED) is 0.879. The van der Waals surface area contributed by atoms with E-state index in [0.717, 1.165) is 22.7 Å². The molecule has 1 aliphatic rings. The molecule has 0 amide bonds. The van der Waals surface area contributed by atoms with E-state index in [1.54, 1.807) is 6.20 Å². The molecular formula is C16H16N2OS. The third-order valence-corrected chi connectivity index (χ3v) is 4.14. The summed E-state index contributed by atoms with van der Waals surface area (Å²) in [5, 5.41) is 11.1. The summed E-state index contributed by atoms with van der Waals surface area (Å²) in [6, 6.07) is 15.5. The van der Waals surface area contributed by atoms with Crippen LogP contribution in [0.3, 0.4) is 0 Å². The van der Waals surface area contributed by atoms with Gasteiger partial charge in [-0.25, -0.2) is 0 Å². The molecule has 3 nitrogen and oxygen atoms in total. The Bertz CT molecular complexity index is 602. The second kappa shape index (κ2) is 5.31. The summed E-state index contributed by atoms with van der Waals surface area (Å²) >= 11 is 5.43. The SMILES string of the molecule is OC1(c2ccccc2)CCC(=S)N1Cc1ccccn1. The molecular weight excluding hydrogens is 268 g/mol. The topological polar surface area (TPSA) is 36.4 Å². The summed E-state index contributed by atoms with van der Waals surface area (Å²) in [6.07, 6.45) is 3.12. The number of nitrogens with zero attached hydrogens (tertiary/aromatic N) is 2. The van der Waals surface area contributed by atoms with Crippen LogP contribution in [-0.2, 0) is 12.3 Å². The average molecular weight is 284 g/mol. The molecule has 102 valence electrons. The van der Waals surface area contributed by atoms with Gasteiger partial charge in [0.15, 0.2) is 5.72 Å². The molecule has 1 fully saturated rings. The van der Waals surface area contributed by atoms with Crippen molar-refractivity contribution in [3.05, 3.63) is 66.0 Å². The highest BCUT2D eigenvalue weighted by atomic mass is 32.1. The van der Waals surface area contributed by atoms with Gasteiger partial charge >= 0.3 is 0 Å². The van der Waals surface area contributed by atoms with Gasteiger partial charge < -0.3 is 10.0 Å². The van der Waals surface area contributed by atoms with Crippen LogP contribution in [0.1, 0.15) is 24.1 Å². The Kier molecular flexibility index (Phi) is 3.51. The van der Waals surface area contributed by atoms with E-state index in [-0.39, 0.29) is 0 Å². The first-order valence-electron chi connectivity index (χ1n) is 6.68. The fraction of sp³-hybridized carbons (Fsp3) is 0.250. The third-order valence-electron chi connectivity index (χ3n) is 3.72. The summed E-state index contributed by atoms with van der Waals surface area (Å²) in [7, 11) is 0. The van der Waals surface area contributed by atoms with Crippen LogP contribution in [0.15, 0.2) is 54.7 Å².